The van der Waals surface area contributed by atoms with Gasteiger partial charge in [0.25, 0.3) is 0 Å². The van der Waals surface area contributed by atoms with Gasteiger partial charge in [0.2, 0.25) is 0 Å². The highest BCUT2D eigenvalue weighted by Gasteiger charge is 2.10. The molecule has 0 saturated carbocycles. The summed E-state index contributed by atoms with van der Waals surface area (Å²) in [5, 5.41) is 4.82. The Balaban J connectivity index is 2.07. The van der Waals surface area contributed by atoms with Crippen LogP contribution in [0, 0.1) is 0 Å². The number of nitrogens with zero attached hydrogens (tertiary/aromatic N) is 3. The smallest absolute Gasteiger partial charge is 0.288 e. The molecule has 2 aromatic heterocycles. The molecule has 7 heteroatoms. The summed E-state index contributed by atoms with van der Waals surface area (Å²) in [4.78, 5) is 18.8. The van der Waals surface area contributed by atoms with Gasteiger partial charge in [-0.1, -0.05) is 23.7 Å². The zero-order valence-electron chi connectivity index (χ0n) is 10.0. The third kappa shape index (κ3) is 2.52. The van der Waals surface area contributed by atoms with Gasteiger partial charge in [0.15, 0.2) is 11.6 Å². The number of aromatic amines is 1. The number of halogens is 2. The standard InChI is InChI=1S/C13H8BrClN4O/c14-9-4-5-11(16-7-9)19-13(20)17-12(18-19)8-2-1-3-10(15)6-8/h1-7H,(H,17,18,20). The van der Waals surface area contributed by atoms with Gasteiger partial charge in [0, 0.05) is 21.3 Å². The molecule has 0 spiro atoms. The fraction of sp³-hybridized carbons (Fsp3) is 0. The summed E-state index contributed by atoms with van der Waals surface area (Å²) >= 11 is 9.23. The van der Waals surface area contributed by atoms with Crippen LogP contribution < -0.4 is 5.69 Å². The molecule has 0 aliphatic rings. The Kier molecular flexibility index (Phi) is 3.42. The second-order valence-corrected chi connectivity index (χ2v) is 5.39. The third-order valence-electron chi connectivity index (χ3n) is 2.64. The van der Waals surface area contributed by atoms with E-state index in [-0.39, 0.29) is 5.69 Å². The predicted molar refractivity (Wildman–Crippen MR) is 80.1 cm³/mol. The lowest BCUT2D eigenvalue weighted by atomic mass is 10.2. The number of rotatable bonds is 2. The number of hydrogen-bond donors (Lipinski definition) is 1. The van der Waals surface area contributed by atoms with Crippen molar-refractivity contribution in [3.63, 3.8) is 0 Å². The van der Waals surface area contributed by atoms with Crippen molar-refractivity contribution in [2.75, 3.05) is 0 Å². The average molecular weight is 352 g/mol. The summed E-state index contributed by atoms with van der Waals surface area (Å²) in [7, 11) is 0. The summed E-state index contributed by atoms with van der Waals surface area (Å²) < 4.78 is 2.04. The molecule has 0 bridgehead atoms. The van der Waals surface area contributed by atoms with Crippen LogP contribution in [-0.4, -0.2) is 19.7 Å². The quantitative estimate of drug-likeness (QED) is 0.772. The molecule has 0 saturated heterocycles. The first kappa shape index (κ1) is 13.1. The molecule has 0 radical (unpaired) electrons. The maximum Gasteiger partial charge on any atom is 0.349 e. The maximum atomic E-state index is 11.9. The van der Waals surface area contributed by atoms with Crippen molar-refractivity contribution < 1.29 is 0 Å². The molecule has 3 rings (SSSR count). The lowest BCUT2D eigenvalue weighted by Crippen LogP contribution is -2.16. The number of hydrogen-bond acceptors (Lipinski definition) is 3. The molecule has 1 aromatic carbocycles. The molecule has 2 heterocycles. The largest absolute Gasteiger partial charge is 0.349 e. The second-order valence-electron chi connectivity index (χ2n) is 4.04. The lowest BCUT2D eigenvalue weighted by Gasteiger charge is -1.98. The Morgan fingerprint density at radius 1 is 1.25 bits per heavy atom. The number of H-pyrrole nitrogens is 1. The van der Waals surface area contributed by atoms with E-state index < -0.39 is 0 Å². The average Bonchev–Trinajstić information content (AvgIpc) is 2.82. The van der Waals surface area contributed by atoms with Crippen LogP contribution in [0.15, 0.2) is 51.9 Å². The molecule has 0 unspecified atom stereocenters. The van der Waals surface area contributed by atoms with Crippen LogP contribution in [0.1, 0.15) is 0 Å². The van der Waals surface area contributed by atoms with E-state index in [1.54, 1.807) is 36.5 Å². The zero-order valence-corrected chi connectivity index (χ0v) is 12.4. The van der Waals surface area contributed by atoms with Crippen LogP contribution in [0.3, 0.4) is 0 Å². The van der Waals surface area contributed by atoms with Crippen LogP contribution >= 0.6 is 27.5 Å². The van der Waals surface area contributed by atoms with Crippen LogP contribution in [-0.2, 0) is 0 Å². The van der Waals surface area contributed by atoms with Crippen molar-refractivity contribution in [3.8, 4) is 17.2 Å². The van der Waals surface area contributed by atoms with E-state index in [1.807, 2.05) is 6.07 Å². The van der Waals surface area contributed by atoms with Gasteiger partial charge in [-0.2, -0.15) is 4.68 Å². The molecule has 0 fully saturated rings. The highest BCUT2D eigenvalue weighted by molar-refractivity contribution is 9.10. The van der Waals surface area contributed by atoms with E-state index in [0.717, 1.165) is 10.0 Å². The summed E-state index contributed by atoms with van der Waals surface area (Å²) in [5.41, 5.74) is 0.389. The summed E-state index contributed by atoms with van der Waals surface area (Å²) in [6, 6.07) is 10.6. The molecule has 0 amide bonds. The Bertz CT molecular complexity index is 810. The maximum absolute atomic E-state index is 11.9. The Labute approximate surface area is 127 Å². The number of pyridine rings is 1. The minimum atomic E-state index is -0.352. The van der Waals surface area contributed by atoms with E-state index >= 15 is 0 Å². The van der Waals surface area contributed by atoms with Crippen LogP contribution in [0.25, 0.3) is 17.2 Å². The van der Waals surface area contributed by atoms with Crippen molar-refractivity contribution in [1.82, 2.24) is 19.7 Å². The van der Waals surface area contributed by atoms with E-state index in [2.05, 4.69) is 31.0 Å². The lowest BCUT2D eigenvalue weighted by molar-refractivity contribution is 0.814. The highest BCUT2D eigenvalue weighted by Crippen LogP contribution is 2.18. The van der Waals surface area contributed by atoms with Gasteiger partial charge in [-0.05, 0) is 40.2 Å². The molecular formula is C13H8BrClN4O. The first-order valence-corrected chi connectivity index (χ1v) is 6.88. The van der Waals surface area contributed by atoms with Gasteiger partial charge in [0.05, 0.1) is 0 Å². The Morgan fingerprint density at radius 3 is 2.80 bits per heavy atom. The summed E-state index contributed by atoms with van der Waals surface area (Å²) in [6.07, 6.45) is 1.61. The van der Waals surface area contributed by atoms with Crippen LogP contribution in [0.5, 0.6) is 0 Å². The molecule has 0 aliphatic heterocycles. The van der Waals surface area contributed by atoms with E-state index in [4.69, 9.17) is 11.6 Å². The summed E-state index contributed by atoms with van der Waals surface area (Å²) in [5.74, 6) is 0.893. The third-order valence-corrected chi connectivity index (χ3v) is 3.35. The van der Waals surface area contributed by atoms with Crippen molar-refractivity contribution in [2.24, 2.45) is 0 Å². The molecule has 0 aliphatic carbocycles. The van der Waals surface area contributed by atoms with Crippen LogP contribution in [0.2, 0.25) is 5.02 Å². The van der Waals surface area contributed by atoms with E-state index in [0.29, 0.717) is 16.7 Å². The molecule has 5 nitrogen and oxygen atoms in total. The van der Waals surface area contributed by atoms with Gasteiger partial charge >= 0.3 is 5.69 Å². The van der Waals surface area contributed by atoms with Crippen molar-refractivity contribution in [1.29, 1.82) is 0 Å². The number of aromatic nitrogens is 4. The summed E-state index contributed by atoms with van der Waals surface area (Å²) in [6.45, 7) is 0. The first-order chi connectivity index (χ1) is 9.63. The van der Waals surface area contributed by atoms with Crippen molar-refractivity contribution in [3.05, 3.63) is 62.6 Å². The molecule has 20 heavy (non-hydrogen) atoms. The monoisotopic (exact) mass is 350 g/mol. The molecule has 3 aromatic rings. The number of benzene rings is 1. The predicted octanol–water partition coefficient (Wildman–Crippen LogP) is 3.04. The van der Waals surface area contributed by atoms with Gasteiger partial charge < -0.3 is 0 Å². The van der Waals surface area contributed by atoms with E-state index in [9.17, 15) is 4.79 Å². The van der Waals surface area contributed by atoms with Gasteiger partial charge in [-0.15, -0.1) is 5.10 Å². The highest BCUT2D eigenvalue weighted by atomic mass is 79.9. The molecular weight excluding hydrogens is 344 g/mol. The van der Waals surface area contributed by atoms with Gasteiger partial charge in [0.1, 0.15) is 0 Å². The second kappa shape index (κ2) is 5.22. The molecule has 100 valence electrons. The fourth-order valence-electron chi connectivity index (χ4n) is 1.74. The van der Waals surface area contributed by atoms with E-state index in [1.165, 1.54) is 4.68 Å². The first-order valence-electron chi connectivity index (χ1n) is 5.71. The SMILES string of the molecule is O=c1[nH]c(-c2cccc(Cl)c2)nn1-c1ccc(Br)cn1. The normalized spacial score (nSPS) is 10.7. The molecule has 0 atom stereocenters. The fourth-order valence-corrected chi connectivity index (χ4v) is 2.16. The minimum Gasteiger partial charge on any atom is -0.288 e. The van der Waals surface area contributed by atoms with Gasteiger partial charge in [-0.25, -0.2) is 9.78 Å². The van der Waals surface area contributed by atoms with Gasteiger partial charge in [-0.3, -0.25) is 4.98 Å². The minimum absolute atomic E-state index is 0.352. The van der Waals surface area contributed by atoms with Crippen molar-refractivity contribution in [2.45, 2.75) is 0 Å². The Hall–Kier alpha value is -1.92. The Morgan fingerprint density at radius 2 is 2.10 bits per heavy atom. The molecule has 1 N–H and O–H groups in total. The topological polar surface area (TPSA) is 63.6 Å². The van der Waals surface area contributed by atoms with Crippen molar-refractivity contribution >= 4 is 27.5 Å². The number of nitrogens with one attached hydrogen (secondary N) is 1. The zero-order chi connectivity index (χ0) is 14.1. The van der Waals surface area contributed by atoms with Crippen LogP contribution in [0.4, 0.5) is 0 Å².